The van der Waals surface area contributed by atoms with Crippen LogP contribution in [0.2, 0.25) is 0 Å². The second-order valence-corrected chi connectivity index (χ2v) is 4.28. The van der Waals surface area contributed by atoms with Crippen LogP contribution < -0.4 is 5.32 Å². The molecule has 1 heterocycles. The zero-order chi connectivity index (χ0) is 11.2. The Morgan fingerprint density at radius 1 is 1.50 bits per heavy atom. The number of nitrogens with zero attached hydrogens (tertiary/aromatic N) is 3. The highest BCUT2D eigenvalue weighted by Gasteiger charge is 2.14. The number of hydrogen-bond donors (Lipinski definition) is 1. The second-order valence-electron chi connectivity index (χ2n) is 4.28. The quantitative estimate of drug-likeness (QED) is 0.782. The van der Waals surface area contributed by atoms with E-state index < -0.39 is 0 Å². The third-order valence-corrected chi connectivity index (χ3v) is 2.92. The average molecular weight is 224 g/mol. The van der Waals surface area contributed by atoms with Gasteiger partial charge in [-0.3, -0.25) is 0 Å². The molecule has 1 aromatic rings. The van der Waals surface area contributed by atoms with Gasteiger partial charge < -0.3 is 10.1 Å². The average Bonchev–Trinajstić information content (AvgIpc) is 2.90. The maximum Gasteiger partial charge on any atom is 0.0964 e. The highest BCUT2D eigenvalue weighted by atomic mass is 16.5. The lowest BCUT2D eigenvalue weighted by Gasteiger charge is -2.10. The molecule has 1 fully saturated rings. The lowest BCUT2D eigenvalue weighted by molar-refractivity contribution is 0.0512. The van der Waals surface area contributed by atoms with Crippen LogP contribution in [0.4, 0.5) is 0 Å². The summed E-state index contributed by atoms with van der Waals surface area (Å²) in [5.41, 5.74) is 0.975. The van der Waals surface area contributed by atoms with Gasteiger partial charge >= 0.3 is 0 Å². The molecule has 0 saturated heterocycles. The first-order chi connectivity index (χ1) is 7.88. The summed E-state index contributed by atoms with van der Waals surface area (Å²) < 4.78 is 7.62. The van der Waals surface area contributed by atoms with Crippen LogP contribution in [0.3, 0.4) is 0 Å². The van der Waals surface area contributed by atoms with Gasteiger partial charge in [-0.1, -0.05) is 18.1 Å². The van der Waals surface area contributed by atoms with Gasteiger partial charge in [0.15, 0.2) is 0 Å². The van der Waals surface area contributed by atoms with Crippen molar-refractivity contribution in [2.75, 3.05) is 13.7 Å². The summed E-state index contributed by atoms with van der Waals surface area (Å²) in [6.07, 6.45) is 7.54. The van der Waals surface area contributed by atoms with Crippen molar-refractivity contribution < 1.29 is 4.74 Å². The molecule has 1 saturated carbocycles. The molecule has 0 atom stereocenters. The molecular formula is C11H20N4O. The smallest absolute Gasteiger partial charge is 0.0964 e. The van der Waals surface area contributed by atoms with E-state index in [9.17, 15) is 0 Å². The Labute approximate surface area is 96.2 Å². The largest absolute Gasteiger partial charge is 0.376 e. The molecule has 0 spiro atoms. The third kappa shape index (κ3) is 3.28. The Kier molecular flexibility index (Phi) is 4.30. The number of aromatic nitrogens is 3. The molecule has 1 aromatic heterocycles. The highest BCUT2D eigenvalue weighted by Crippen LogP contribution is 2.20. The molecule has 0 aliphatic heterocycles. The van der Waals surface area contributed by atoms with Crippen molar-refractivity contribution in [2.24, 2.45) is 0 Å². The lowest BCUT2D eigenvalue weighted by atomic mass is 10.3. The molecule has 0 radical (unpaired) electrons. The predicted octanol–water partition coefficient (Wildman–Crippen LogP) is 0.957. The molecule has 5 nitrogen and oxygen atoms in total. The first-order valence-corrected chi connectivity index (χ1v) is 6.03. The number of nitrogens with one attached hydrogen (secondary N) is 1. The van der Waals surface area contributed by atoms with Crippen molar-refractivity contribution in [3.63, 3.8) is 0 Å². The molecular weight excluding hydrogens is 204 g/mol. The normalized spacial score (nSPS) is 17.1. The molecule has 1 N–H and O–H groups in total. The topological polar surface area (TPSA) is 52.0 Å². The molecule has 0 aromatic carbocycles. The number of ether oxygens (including phenoxy) is 1. The van der Waals surface area contributed by atoms with Crippen LogP contribution in [0.1, 0.15) is 31.4 Å². The molecule has 0 amide bonds. The van der Waals surface area contributed by atoms with Gasteiger partial charge in [-0.25, -0.2) is 4.68 Å². The molecule has 2 rings (SSSR count). The standard InChI is InChI=1S/C11H20N4O/c1-12-8-10-9-15(14-13-10)6-7-16-11-4-2-3-5-11/h9,11-12H,2-8H2,1H3. The first kappa shape index (κ1) is 11.5. The SMILES string of the molecule is CNCc1cn(CCOC2CCCC2)nn1. The summed E-state index contributed by atoms with van der Waals surface area (Å²) in [6.45, 7) is 2.31. The number of hydrogen-bond acceptors (Lipinski definition) is 4. The minimum atomic E-state index is 0.486. The Morgan fingerprint density at radius 2 is 2.31 bits per heavy atom. The van der Waals surface area contributed by atoms with Crippen LogP contribution in [0.5, 0.6) is 0 Å². The van der Waals surface area contributed by atoms with Gasteiger partial charge in [-0.2, -0.15) is 0 Å². The monoisotopic (exact) mass is 224 g/mol. The van der Waals surface area contributed by atoms with E-state index in [0.29, 0.717) is 6.10 Å². The summed E-state index contributed by atoms with van der Waals surface area (Å²) in [5, 5.41) is 11.1. The van der Waals surface area contributed by atoms with Gasteiger partial charge in [0.2, 0.25) is 0 Å². The van der Waals surface area contributed by atoms with Crippen molar-refractivity contribution in [2.45, 2.75) is 44.9 Å². The van der Waals surface area contributed by atoms with Crippen molar-refractivity contribution in [1.82, 2.24) is 20.3 Å². The van der Waals surface area contributed by atoms with Crippen LogP contribution in [-0.4, -0.2) is 34.8 Å². The van der Waals surface area contributed by atoms with E-state index in [1.165, 1.54) is 25.7 Å². The Balaban J connectivity index is 1.67. The van der Waals surface area contributed by atoms with E-state index in [1.54, 1.807) is 0 Å². The minimum absolute atomic E-state index is 0.486. The summed E-state index contributed by atoms with van der Waals surface area (Å²) >= 11 is 0. The van der Waals surface area contributed by atoms with Gasteiger partial charge in [0.1, 0.15) is 0 Å². The van der Waals surface area contributed by atoms with E-state index in [2.05, 4.69) is 15.6 Å². The Hall–Kier alpha value is -0.940. The molecule has 0 bridgehead atoms. The van der Waals surface area contributed by atoms with Crippen molar-refractivity contribution in [3.05, 3.63) is 11.9 Å². The summed E-state index contributed by atoms with van der Waals surface area (Å²) in [6, 6.07) is 0. The van der Waals surface area contributed by atoms with Gasteiger partial charge in [-0.15, -0.1) is 5.10 Å². The van der Waals surface area contributed by atoms with Crippen LogP contribution in [0.25, 0.3) is 0 Å². The molecule has 1 aliphatic rings. The van der Waals surface area contributed by atoms with Gasteiger partial charge in [-0.05, 0) is 19.9 Å². The second kappa shape index (κ2) is 5.96. The van der Waals surface area contributed by atoms with E-state index in [-0.39, 0.29) is 0 Å². The molecule has 0 unspecified atom stereocenters. The van der Waals surface area contributed by atoms with E-state index in [1.807, 2.05) is 17.9 Å². The number of rotatable bonds is 6. The fourth-order valence-corrected chi connectivity index (χ4v) is 2.08. The highest BCUT2D eigenvalue weighted by molar-refractivity contribution is 4.90. The third-order valence-electron chi connectivity index (χ3n) is 2.92. The Morgan fingerprint density at radius 3 is 3.06 bits per heavy atom. The summed E-state index contributed by atoms with van der Waals surface area (Å²) in [4.78, 5) is 0. The van der Waals surface area contributed by atoms with Crippen LogP contribution in [0, 0.1) is 0 Å². The van der Waals surface area contributed by atoms with Crippen molar-refractivity contribution in [3.8, 4) is 0 Å². The van der Waals surface area contributed by atoms with E-state index >= 15 is 0 Å². The fourth-order valence-electron chi connectivity index (χ4n) is 2.08. The predicted molar refractivity (Wildman–Crippen MR) is 61.0 cm³/mol. The first-order valence-electron chi connectivity index (χ1n) is 6.03. The van der Waals surface area contributed by atoms with Crippen molar-refractivity contribution in [1.29, 1.82) is 0 Å². The summed E-state index contributed by atoms with van der Waals surface area (Å²) in [5.74, 6) is 0. The van der Waals surface area contributed by atoms with Gasteiger partial charge in [0.05, 0.1) is 24.9 Å². The van der Waals surface area contributed by atoms with Crippen molar-refractivity contribution >= 4 is 0 Å². The molecule has 90 valence electrons. The fraction of sp³-hybridized carbons (Fsp3) is 0.818. The van der Waals surface area contributed by atoms with Gasteiger partial charge in [0, 0.05) is 12.7 Å². The van der Waals surface area contributed by atoms with Gasteiger partial charge in [0.25, 0.3) is 0 Å². The van der Waals surface area contributed by atoms with Crippen LogP contribution in [-0.2, 0) is 17.8 Å². The zero-order valence-electron chi connectivity index (χ0n) is 9.85. The minimum Gasteiger partial charge on any atom is -0.376 e. The van der Waals surface area contributed by atoms with E-state index in [0.717, 1.165) is 25.4 Å². The summed E-state index contributed by atoms with van der Waals surface area (Å²) in [7, 11) is 1.90. The Bertz CT molecular complexity index is 307. The van der Waals surface area contributed by atoms with E-state index in [4.69, 9.17) is 4.74 Å². The lowest BCUT2D eigenvalue weighted by Crippen LogP contribution is -2.13. The molecule has 1 aliphatic carbocycles. The molecule has 16 heavy (non-hydrogen) atoms. The van der Waals surface area contributed by atoms with Crippen LogP contribution >= 0.6 is 0 Å². The maximum absolute atomic E-state index is 5.77. The van der Waals surface area contributed by atoms with Crippen LogP contribution in [0.15, 0.2) is 6.20 Å². The molecule has 5 heteroatoms. The maximum atomic E-state index is 5.77. The zero-order valence-corrected chi connectivity index (χ0v) is 9.85.